The Hall–Kier alpha value is -1.14. The lowest BCUT2D eigenvalue weighted by atomic mass is 10.1. The first-order valence-electron chi connectivity index (χ1n) is 6.54. The van der Waals surface area contributed by atoms with E-state index in [1.54, 1.807) is 0 Å². The molecule has 104 valence electrons. The maximum atomic E-state index is 11.5. The van der Waals surface area contributed by atoms with E-state index in [4.69, 9.17) is 5.11 Å². The molecule has 6 heteroatoms. The van der Waals surface area contributed by atoms with Crippen molar-refractivity contribution in [1.82, 2.24) is 15.5 Å². The van der Waals surface area contributed by atoms with Gasteiger partial charge in [-0.2, -0.15) is 0 Å². The maximum Gasteiger partial charge on any atom is 0.321 e. The van der Waals surface area contributed by atoms with E-state index in [-0.39, 0.29) is 12.5 Å². The fraction of sp³-hybridized carbons (Fsp3) is 0.833. The standard InChI is InChI=1S/C12H23N3O3/c1-13-12(18)14-11(17)6-8-15-7-2-4-10(15)5-3-9-16/h10,16H,2-9H2,1H3,(H2,13,14,17,18). The van der Waals surface area contributed by atoms with Gasteiger partial charge in [-0.05, 0) is 32.2 Å². The van der Waals surface area contributed by atoms with E-state index in [1.807, 2.05) is 0 Å². The number of imide groups is 1. The molecule has 0 aliphatic carbocycles. The molecular formula is C12H23N3O3. The summed E-state index contributed by atoms with van der Waals surface area (Å²) in [7, 11) is 1.48. The molecule has 18 heavy (non-hydrogen) atoms. The third kappa shape index (κ3) is 5.01. The molecule has 1 saturated heterocycles. The topological polar surface area (TPSA) is 81.7 Å². The van der Waals surface area contributed by atoms with E-state index < -0.39 is 6.03 Å². The van der Waals surface area contributed by atoms with Crippen LogP contribution in [0.2, 0.25) is 0 Å². The molecule has 3 N–H and O–H groups in total. The Morgan fingerprint density at radius 1 is 1.44 bits per heavy atom. The number of rotatable bonds is 6. The van der Waals surface area contributed by atoms with E-state index in [0.29, 0.717) is 19.0 Å². The van der Waals surface area contributed by atoms with Crippen LogP contribution in [0.5, 0.6) is 0 Å². The second kappa shape index (κ2) is 8.05. The quantitative estimate of drug-likeness (QED) is 0.629. The molecule has 0 saturated carbocycles. The number of aliphatic hydroxyl groups excluding tert-OH is 1. The Morgan fingerprint density at radius 2 is 2.22 bits per heavy atom. The van der Waals surface area contributed by atoms with Crippen molar-refractivity contribution in [3.63, 3.8) is 0 Å². The number of nitrogens with one attached hydrogen (secondary N) is 2. The highest BCUT2D eigenvalue weighted by Crippen LogP contribution is 2.21. The largest absolute Gasteiger partial charge is 0.396 e. The first-order valence-corrected chi connectivity index (χ1v) is 6.54. The maximum absolute atomic E-state index is 11.5. The van der Waals surface area contributed by atoms with E-state index in [1.165, 1.54) is 7.05 Å². The molecule has 3 amide bonds. The van der Waals surface area contributed by atoms with Gasteiger partial charge in [0.05, 0.1) is 0 Å². The smallest absolute Gasteiger partial charge is 0.321 e. The Labute approximate surface area is 108 Å². The minimum atomic E-state index is -0.460. The van der Waals surface area contributed by atoms with Crippen LogP contribution in [0.3, 0.4) is 0 Å². The summed E-state index contributed by atoms with van der Waals surface area (Å²) in [5.41, 5.74) is 0. The van der Waals surface area contributed by atoms with E-state index in [9.17, 15) is 9.59 Å². The highest BCUT2D eigenvalue weighted by Gasteiger charge is 2.24. The second-order valence-corrected chi connectivity index (χ2v) is 4.58. The number of nitrogens with zero attached hydrogens (tertiary/aromatic N) is 1. The third-order valence-electron chi connectivity index (χ3n) is 3.30. The SMILES string of the molecule is CNC(=O)NC(=O)CCN1CCCC1CCCO. The van der Waals surface area contributed by atoms with Gasteiger partial charge in [0.1, 0.15) is 0 Å². The molecule has 0 spiro atoms. The number of likely N-dealkylation sites (tertiary alicyclic amines) is 1. The summed E-state index contributed by atoms with van der Waals surface area (Å²) in [6, 6.07) is 0.0169. The average molecular weight is 257 g/mol. The number of carbonyl (C=O) groups is 2. The third-order valence-corrected chi connectivity index (χ3v) is 3.30. The summed E-state index contributed by atoms with van der Waals surface area (Å²) >= 11 is 0. The summed E-state index contributed by atoms with van der Waals surface area (Å²) in [5, 5.41) is 13.4. The van der Waals surface area contributed by atoms with Gasteiger partial charge >= 0.3 is 6.03 Å². The fourth-order valence-electron chi connectivity index (χ4n) is 2.34. The summed E-state index contributed by atoms with van der Waals surface area (Å²) in [5.74, 6) is -0.248. The molecule has 1 aliphatic heterocycles. The summed E-state index contributed by atoms with van der Waals surface area (Å²) in [4.78, 5) is 24.7. The Bertz CT molecular complexity index is 284. The van der Waals surface area contributed by atoms with E-state index >= 15 is 0 Å². The van der Waals surface area contributed by atoms with Gasteiger partial charge in [-0.15, -0.1) is 0 Å². The molecule has 1 unspecified atom stereocenters. The minimum Gasteiger partial charge on any atom is -0.396 e. The van der Waals surface area contributed by atoms with Gasteiger partial charge < -0.3 is 10.4 Å². The number of carbonyl (C=O) groups excluding carboxylic acids is 2. The number of hydrogen-bond donors (Lipinski definition) is 3. The van der Waals surface area contributed by atoms with Crippen molar-refractivity contribution in [3.05, 3.63) is 0 Å². The van der Waals surface area contributed by atoms with Crippen molar-refractivity contribution in [2.75, 3.05) is 26.7 Å². The predicted molar refractivity (Wildman–Crippen MR) is 68.1 cm³/mol. The molecule has 0 aromatic carbocycles. The van der Waals surface area contributed by atoms with Crippen LogP contribution in [0.1, 0.15) is 32.1 Å². The molecule has 0 aromatic heterocycles. The number of aliphatic hydroxyl groups is 1. The van der Waals surface area contributed by atoms with Crippen molar-refractivity contribution in [3.8, 4) is 0 Å². The van der Waals surface area contributed by atoms with Crippen LogP contribution in [0.15, 0.2) is 0 Å². The van der Waals surface area contributed by atoms with Gasteiger partial charge in [0.15, 0.2) is 0 Å². The molecule has 0 bridgehead atoms. The summed E-state index contributed by atoms with van der Waals surface area (Å²) < 4.78 is 0. The van der Waals surface area contributed by atoms with Crippen molar-refractivity contribution >= 4 is 11.9 Å². The monoisotopic (exact) mass is 257 g/mol. The molecule has 1 atom stereocenters. The average Bonchev–Trinajstić information content (AvgIpc) is 2.81. The number of urea groups is 1. The van der Waals surface area contributed by atoms with Crippen LogP contribution >= 0.6 is 0 Å². The fourth-order valence-corrected chi connectivity index (χ4v) is 2.34. The van der Waals surface area contributed by atoms with Crippen LogP contribution in [-0.2, 0) is 4.79 Å². The molecule has 1 heterocycles. The van der Waals surface area contributed by atoms with E-state index in [0.717, 1.165) is 32.2 Å². The van der Waals surface area contributed by atoms with Crippen molar-refractivity contribution in [2.24, 2.45) is 0 Å². The van der Waals surface area contributed by atoms with Crippen molar-refractivity contribution < 1.29 is 14.7 Å². The van der Waals surface area contributed by atoms with Gasteiger partial charge in [0, 0.05) is 32.7 Å². The second-order valence-electron chi connectivity index (χ2n) is 4.58. The Balaban J connectivity index is 2.24. The van der Waals surface area contributed by atoms with E-state index in [2.05, 4.69) is 15.5 Å². The van der Waals surface area contributed by atoms with Crippen LogP contribution in [0.25, 0.3) is 0 Å². The summed E-state index contributed by atoms with van der Waals surface area (Å²) in [6.45, 7) is 1.91. The van der Waals surface area contributed by atoms with Gasteiger partial charge in [0.2, 0.25) is 5.91 Å². The molecule has 0 aromatic rings. The first-order chi connectivity index (χ1) is 8.67. The Morgan fingerprint density at radius 3 is 2.89 bits per heavy atom. The highest BCUT2D eigenvalue weighted by molar-refractivity contribution is 5.94. The zero-order valence-corrected chi connectivity index (χ0v) is 10.9. The molecule has 1 rings (SSSR count). The van der Waals surface area contributed by atoms with Crippen molar-refractivity contribution in [1.29, 1.82) is 0 Å². The van der Waals surface area contributed by atoms with Crippen LogP contribution in [0.4, 0.5) is 4.79 Å². The lowest BCUT2D eigenvalue weighted by Gasteiger charge is -2.23. The van der Waals surface area contributed by atoms with Gasteiger partial charge in [-0.1, -0.05) is 0 Å². The van der Waals surface area contributed by atoms with Crippen LogP contribution in [-0.4, -0.2) is 54.7 Å². The number of amides is 3. The molecule has 1 aliphatic rings. The number of hydrogen-bond acceptors (Lipinski definition) is 4. The minimum absolute atomic E-state index is 0.224. The highest BCUT2D eigenvalue weighted by atomic mass is 16.3. The normalized spacial score (nSPS) is 19.8. The van der Waals surface area contributed by atoms with Crippen LogP contribution in [0, 0.1) is 0 Å². The van der Waals surface area contributed by atoms with Gasteiger partial charge in [-0.25, -0.2) is 4.79 Å². The Kier molecular flexibility index (Phi) is 6.67. The molecular weight excluding hydrogens is 234 g/mol. The van der Waals surface area contributed by atoms with Gasteiger partial charge in [0.25, 0.3) is 0 Å². The molecule has 6 nitrogen and oxygen atoms in total. The summed E-state index contributed by atoms with van der Waals surface area (Å²) in [6.07, 6.45) is 4.41. The zero-order chi connectivity index (χ0) is 13.4. The first kappa shape index (κ1) is 14.9. The molecule has 0 radical (unpaired) electrons. The molecule has 1 fully saturated rings. The predicted octanol–water partition coefficient (Wildman–Crippen LogP) is 0.0690. The zero-order valence-electron chi connectivity index (χ0n) is 10.9. The van der Waals surface area contributed by atoms with Crippen molar-refractivity contribution in [2.45, 2.75) is 38.1 Å². The van der Waals surface area contributed by atoms with Gasteiger partial charge in [-0.3, -0.25) is 15.0 Å². The lowest BCUT2D eigenvalue weighted by molar-refractivity contribution is -0.120. The lowest BCUT2D eigenvalue weighted by Crippen LogP contribution is -2.39. The van der Waals surface area contributed by atoms with Crippen LogP contribution < -0.4 is 10.6 Å².